The van der Waals surface area contributed by atoms with Gasteiger partial charge >= 0.3 is 0 Å². The molecular weight excluding hydrogens is 388 g/mol. The van der Waals surface area contributed by atoms with Gasteiger partial charge in [-0.05, 0) is 37.7 Å². The van der Waals surface area contributed by atoms with Crippen LogP contribution in [0.4, 0.5) is 0 Å². The van der Waals surface area contributed by atoms with E-state index in [0.29, 0.717) is 29.2 Å². The molecule has 0 aliphatic carbocycles. The molecule has 2 rings (SSSR count). The highest BCUT2D eigenvalue weighted by Crippen LogP contribution is 2.36. The first-order chi connectivity index (χ1) is 12.8. The van der Waals surface area contributed by atoms with Gasteiger partial charge in [-0.1, -0.05) is 41.9 Å². The van der Waals surface area contributed by atoms with E-state index in [1.54, 1.807) is 30.3 Å². The second kappa shape index (κ2) is 9.82. The molecule has 0 saturated carbocycles. The normalized spacial score (nSPS) is 12.0. The van der Waals surface area contributed by atoms with Crippen molar-refractivity contribution in [1.82, 2.24) is 10.3 Å². The predicted octanol–water partition coefficient (Wildman–Crippen LogP) is 2.57. The van der Waals surface area contributed by atoms with Crippen LogP contribution in [0.2, 0.25) is 5.02 Å². The molecule has 0 heterocycles. The summed E-state index contributed by atoms with van der Waals surface area (Å²) in [6.45, 7) is 1.86. The molecular formula is C18H23ClN4O3S. The third kappa shape index (κ3) is 6.02. The van der Waals surface area contributed by atoms with Crippen molar-refractivity contribution >= 4 is 28.1 Å². The molecule has 0 aliphatic heterocycles. The van der Waals surface area contributed by atoms with Crippen LogP contribution < -0.4 is 11.3 Å². The SMILES string of the molecule is CN(CCCN=CNN)Cc1cccc(S(=O)(=O)O)c1-c1ccccc1Cl. The third-order valence-corrected chi connectivity index (χ3v) is 5.19. The van der Waals surface area contributed by atoms with Gasteiger partial charge < -0.3 is 10.3 Å². The zero-order valence-electron chi connectivity index (χ0n) is 15.0. The summed E-state index contributed by atoms with van der Waals surface area (Å²) >= 11 is 6.30. The lowest BCUT2D eigenvalue weighted by Crippen LogP contribution is -2.21. The first-order valence-electron chi connectivity index (χ1n) is 8.32. The summed E-state index contributed by atoms with van der Waals surface area (Å²) in [5.74, 6) is 5.12. The number of hydrogen-bond acceptors (Lipinski definition) is 5. The number of nitrogens with zero attached hydrogens (tertiary/aromatic N) is 2. The van der Waals surface area contributed by atoms with E-state index in [-0.39, 0.29) is 4.90 Å². The van der Waals surface area contributed by atoms with Crippen molar-refractivity contribution in [1.29, 1.82) is 0 Å². The van der Waals surface area contributed by atoms with Crippen molar-refractivity contribution < 1.29 is 13.0 Å². The highest BCUT2D eigenvalue weighted by atomic mass is 35.5. The van der Waals surface area contributed by atoms with Crippen LogP contribution in [-0.4, -0.2) is 44.3 Å². The van der Waals surface area contributed by atoms with Crippen molar-refractivity contribution in [2.45, 2.75) is 17.9 Å². The number of hydrogen-bond donors (Lipinski definition) is 3. The van der Waals surface area contributed by atoms with Gasteiger partial charge in [0.2, 0.25) is 0 Å². The summed E-state index contributed by atoms with van der Waals surface area (Å²) in [5, 5.41) is 0.418. The smallest absolute Gasteiger partial charge is 0.295 e. The molecule has 0 radical (unpaired) electrons. The molecule has 2 aromatic carbocycles. The van der Waals surface area contributed by atoms with Crippen molar-refractivity contribution in [3.8, 4) is 11.1 Å². The van der Waals surface area contributed by atoms with Gasteiger partial charge in [0.25, 0.3) is 10.1 Å². The molecule has 2 aromatic rings. The van der Waals surface area contributed by atoms with Crippen LogP contribution in [0.1, 0.15) is 12.0 Å². The van der Waals surface area contributed by atoms with Gasteiger partial charge in [-0.2, -0.15) is 8.42 Å². The van der Waals surface area contributed by atoms with Gasteiger partial charge in [0.05, 0.1) is 6.34 Å². The second-order valence-corrected chi connectivity index (χ2v) is 7.84. The summed E-state index contributed by atoms with van der Waals surface area (Å²) in [6, 6.07) is 11.8. The molecule has 0 atom stereocenters. The Morgan fingerprint density at radius 3 is 2.67 bits per heavy atom. The minimum atomic E-state index is -4.40. The fraction of sp³-hybridized carbons (Fsp3) is 0.278. The topological polar surface area (TPSA) is 108 Å². The Morgan fingerprint density at radius 2 is 2.00 bits per heavy atom. The van der Waals surface area contributed by atoms with Gasteiger partial charge in [-0.25, -0.2) is 5.84 Å². The lowest BCUT2D eigenvalue weighted by atomic mass is 9.99. The molecule has 0 aromatic heterocycles. The largest absolute Gasteiger partial charge is 0.315 e. The monoisotopic (exact) mass is 410 g/mol. The Hall–Kier alpha value is -1.97. The number of nitrogens with two attached hydrogens (primary N) is 1. The Morgan fingerprint density at radius 1 is 1.26 bits per heavy atom. The van der Waals surface area contributed by atoms with E-state index in [4.69, 9.17) is 17.4 Å². The van der Waals surface area contributed by atoms with Gasteiger partial charge in [0, 0.05) is 29.2 Å². The fourth-order valence-corrected chi connectivity index (χ4v) is 3.79. The van der Waals surface area contributed by atoms with Crippen molar-refractivity contribution in [3.63, 3.8) is 0 Å². The van der Waals surface area contributed by atoms with E-state index < -0.39 is 10.1 Å². The minimum Gasteiger partial charge on any atom is -0.315 e. The summed E-state index contributed by atoms with van der Waals surface area (Å²) in [4.78, 5) is 5.97. The maximum Gasteiger partial charge on any atom is 0.295 e. The summed E-state index contributed by atoms with van der Waals surface area (Å²) < 4.78 is 33.5. The molecule has 0 spiro atoms. The summed E-state index contributed by atoms with van der Waals surface area (Å²) in [7, 11) is -2.47. The number of aliphatic imine (C=N–C) groups is 1. The Balaban J connectivity index is 2.34. The Kier molecular flexibility index (Phi) is 7.76. The average molecular weight is 411 g/mol. The fourth-order valence-electron chi connectivity index (χ4n) is 2.81. The number of hydrazine groups is 1. The second-order valence-electron chi connectivity index (χ2n) is 6.04. The quantitative estimate of drug-likeness (QED) is 0.146. The van der Waals surface area contributed by atoms with E-state index in [0.717, 1.165) is 18.5 Å². The highest BCUT2D eigenvalue weighted by Gasteiger charge is 2.21. The molecule has 7 nitrogen and oxygen atoms in total. The van der Waals surface area contributed by atoms with Gasteiger partial charge in [-0.3, -0.25) is 9.55 Å². The zero-order valence-corrected chi connectivity index (χ0v) is 16.5. The molecule has 4 N–H and O–H groups in total. The molecule has 0 aliphatic rings. The minimum absolute atomic E-state index is 0.153. The van der Waals surface area contributed by atoms with Crippen LogP contribution in [0.15, 0.2) is 52.4 Å². The third-order valence-electron chi connectivity index (χ3n) is 3.97. The maximum atomic E-state index is 11.9. The maximum absolute atomic E-state index is 11.9. The molecule has 146 valence electrons. The molecule has 27 heavy (non-hydrogen) atoms. The highest BCUT2D eigenvalue weighted by molar-refractivity contribution is 7.86. The van der Waals surface area contributed by atoms with Crippen LogP contribution in [-0.2, 0) is 16.7 Å². The number of halogens is 1. The van der Waals surface area contributed by atoms with Crippen LogP contribution in [0.25, 0.3) is 11.1 Å². The van der Waals surface area contributed by atoms with Crippen LogP contribution in [0.3, 0.4) is 0 Å². The predicted molar refractivity (Wildman–Crippen MR) is 108 cm³/mol. The van der Waals surface area contributed by atoms with Crippen molar-refractivity contribution in [2.75, 3.05) is 20.1 Å². The first-order valence-corrected chi connectivity index (χ1v) is 10.1. The van der Waals surface area contributed by atoms with Gasteiger partial charge in [-0.15, -0.1) is 0 Å². The Bertz CT molecular complexity index is 903. The van der Waals surface area contributed by atoms with Gasteiger partial charge in [0.1, 0.15) is 4.90 Å². The van der Waals surface area contributed by atoms with E-state index in [1.807, 2.05) is 13.1 Å². The number of nitrogens with one attached hydrogen (secondary N) is 1. The average Bonchev–Trinajstić information content (AvgIpc) is 2.61. The first kappa shape index (κ1) is 21.3. The standard InChI is InChI=1S/C18H23ClN4O3S/c1-23(11-5-10-21-13-22-20)12-14-6-4-9-17(27(24,25)26)18(14)15-7-2-3-8-16(15)19/h2-4,6-9,13H,5,10-12,20H2,1H3,(H,21,22)(H,24,25,26). The molecule has 0 bridgehead atoms. The lowest BCUT2D eigenvalue weighted by Gasteiger charge is -2.20. The van der Waals surface area contributed by atoms with E-state index in [9.17, 15) is 13.0 Å². The molecule has 9 heteroatoms. The van der Waals surface area contributed by atoms with Crippen LogP contribution >= 0.6 is 11.6 Å². The zero-order chi connectivity index (χ0) is 19.9. The molecule has 0 amide bonds. The van der Waals surface area contributed by atoms with Crippen molar-refractivity contribution in [2.24, 2.45) is 10.8 Å². The number of rotatable bonds is 9. The van der Waals surface area contributed by atoms with E-state index in [1.165, 1.54) is 12.4 Å². The Labute approximate surface area is 164 Å². The van der Waals surface area contributed by atoms with E-state index >= 15 is 0 Å². The summed E-state index contributed by atoms with van der Waals surface area (Å²) in [6.07, 6.45) is 2.25. The molecule has 0 fully saturated rings. The molecule has 0 unspecified atom stereocenters. The number of benzene rings is 2. The lowest BCUT2D eigenvalue weighted by molar-refractivity contribution is 0.324. The molecule has 0 saturated heterocycles. The summed E-state index contributed by atoms with van der Waals surface area (Å²) in [5.41, 5.74) is 4.09. The van der Waals surface area contributed by atoms with Crippen LogP contribution in [0, 0.1) is 0 Å². The van der Waals surface area contributed by atoms with Crippen LogP contribution in [0.5, 0.6) is 0 Å². The van der Waals surface area contributed by atoms with Crippen molar-refractivity contribution in [3.05, 3.63) is 53.1 Å². The van der Waals surface area contributed by atoms with Gasteiger partial charge in [0.15, 0.2) is 0 Å². The van der Waals surface area contributed by atoms with E-state index in [2.05, 4.69) is 15.3 Å².